The van der Waals surface area contributed by atoms with Crippen LogP contribution in [0, 0.1) is 33.4 Å². The Morgan fingerprint density at radius 1 is 1.17 bits per heavy atom. The number of nitrogens with one attached hydrogen (secondary N) is 2. The van der Waals surface area contributed by atoms with E-state index in [1.807, 2.05) is 6.07 Å². The van der Waals surface area contributed by atoms with Crippen LogP contribution in [0.3, 0.4) is 0 Å². The normalized spacial score (nSPS) is 39.6. The van der Waals surface area contributed by atoms with Crippen molar-refractivity contribution in [2.45, 2.75) is 64.9 Å². The molecule has 6 rings (SSSR count). The summed E-state index contributed by atoms with van der Waals surface area (Å²) in [6.07, 6.45) is 9.90. The lowest BCUT2D eigenvalue weighted by Crippen LogP contribution is -2.51. The molecule has 5 nitrogen and oxygen atoms in total. The van der Waals surface area contributed by atoms with Crippen molar-refractivity contribution in [1.82, 2.24) is 15.0 Å². The molecule has 6 heteroatoms. The summed E-state index contributed by atoms with van der Waals surface area (Å²) in [6, 6.07) is 2.02. The molecule has 3 saturated carbocycles. The molecule has 0 aliphatic heterocycles. The zero-order valence-electron chi connectivity index (χ0n) is 17.6. The number of allylic oxidation sites excluding steroid dienone is 1. The number of pyridine rings is 1. The van der Waals surface area contributed by atoms with Crippen LogP contribution in [0.2, 0.25) is 0 Å². The molecule has 158 valence electrons. The van der Waals surface area contributed by atoms with Gasteiger partial charge in [-0.25, -0.2) is 4.98 Å². The Hall–Kier alpha value is -1.79. The number of aliphatic hydroxyl groups is 1. The van der Waals surface area contributed by atoms with Crippen molar-refractivity contribution in [1.29, 1.82) is 0 Å². The van der Waals surface area contributed by atoms with E-state index in [9.17, 15) is 9.90 Å². The van der Waals surface area contributed by atoms with Crippen LogP contribution in [0.5, 0.6) is 0 Å². The fraction of sp³-hybridized carbons (Fsp3) is 0.625. The van der Waals surface area contributed by atoms with Gasteiger partial charge in [-0.2, -0.15) is 0 Å². The van der Waals surface area contributed by atoms with Crippen molar-refractivity contribution in [3.05, 3.63) is 38.0 Å². The molecule has 2 aromatic rings. The number of hydrogen-bond acceptors (Lipinski definition) is 4. The largest absolute Gasteiger partial charge is 0.393 e. The minimum absolute atomic E-state index is 0.105. The number of hydrogen-bond donors (Lipinski definition) is 3. The van der Waals surface area contributed by atoms with Crippen LogP contribution >= 0.6 is 12.2 Å². The van der Waals surface area contributed by atoms with E-state index in [-0.39, 0.29) is 22.5 Å². The van der Waals surface area contributed by atoms with E-state index in [0.717, 1.165) is 31.4 Å². The third-order valence-electron chi connectivity index (χ3n) is 9.39. The van der Waals surface area contributed by atoms with Gasteiger partial charge in [-0.1, -0.05) is 19.4 Å². The van der Waals surface area contributed by atoms with Crippen molar-refractivity contribution in [3.8, 4) is 0 Å². The van der Waals surface area contributed by atoms with Crippen LogP contribution < -0.4 is 5.56 Å². The highest BCUT2D eigenvalue weighted by Crippen LogP contribution is 2.65. The summed E-state index contributed by atoms with van der Waals surface area (Å²) >= 11 is 5.13. The van der Waals surface area contributed by atoms with Crippen LogP contribution in [0.1, 0.15) is 63.6 Å². The Balaban J connectivity index is 1.44. The summed E-state index contributed by atoms with van der Waals surface area (Å²) in [7, 11) is 0. The van der Waals surface area contributed by atoms with E-state index in [1.54, 1.807) is 0 Å². The first-order chi connectivity index (χ1) is 14.3. The van der Waals surface area contributed by atoms with Gasteiger partial charge in [0.1, 0.15) is 5.65 Å². The minimum atomic E-state index is -0.168. The highest BCUT2D eigenvalue weighted by atomic mass is 32.1. The smallest absolute Gasteiger partial charge is 0.261 e. The van der Waals surface area contributed by atoms with Gasteiger partial charge in [0.25, 0.3) is 5.56 Å². The molecule has 30 heavy (non-hydrogen) atoms. The number of aromatic nitrogens is 3. The number of nitrogens with zero attached hydrogens (tertiary/aromatic N) is 1. The van der Waals surface area contributed by atoms with Gasteiger partial charge in [0, 0.05) is 0 Å². The maximum absolute atomic E-state index is 12.4. The van der Waals surface area contributed by atoms with E-state index in [4.69, 9.17) is 17.2 Å². The van der Waals surface area contributed by atoms with Gasteiger partial charge in [0.05, 0.1) is 17.2 Å². The molecule has 0 radical (unpaired) electrons. The average Bonchev–Trinajstić information content (AvgIpc) is 3.00. The highest BCUT2D eigenvalue weighted by molar-refractivity contribution is 7.71. The molecule has 4 aliphatic rings. The zero-order chi connectivity index (χ0) is 20.8. The fourth-order valence-electron chi connectivity index (χ4n) is 7.75. The molecular weight excluding hydrogens is 394 g/mol. The van der Waals surface area contributed by atoms with Crippen molar-refractivity contribution < 1.29 is 5.11 Å². The molecule has 0 spiro atoms. The maximum atomic E-state index is 12.4. The van der Waals surface area contributed by atoms with Crippen LogP contribution in [-0.2, 0) is 6.42 Å². The number of fused-ring (bicyclic) bond motifs is 7. The molecule has 0 saturated heterocycles. The van der Waals surface area contributed by atoms with E-state index >= 15 is 0 Å². The summed E-state index contributed by atoms with van der Waals surface area (Å²) in [5.74, 6) is 1.98. The lowest BCUT2D eigenvalue weighted by molar-refractivity contribution is -0.0704. The molecule has 3 fully saturated rings. The van der Waals surface area contributed by atoms with Gasteiger partial charge in [-0.15, -0.1) is 0 Å². The fourth-order valence-corrected chi connectivity index (χ4v) is 7.94. The Kier molecular flexibility index (Phi) is 3.87. The Bertz CT molecular complexity index is 1210. The molecule has 0 unspecified atom stereocenters. The van der Waals surface area contributed by atoms with Gasteiger partial charge < -0.3 is 10.1 Å². The number of aromatic amines is 2. The van der Waals surface area contributed by atoms with Crippen molar-refractivity contribution in [3.63, 3.8) is 0 Å². The first kappa shape index (κ1) is 18.9. The number of rotatable bonds is 0. The monoisotopic (exact) mass is 423 g/mol. The molecule has 4 aliphatic carbocycles. The first-order valence-electron chi connectivity index (χ1n) is 11.3. The first-order valence-corrected chi connectivity index (χ1v) is 11.8. The van der Waals surface area contributed by atoms with Gasteiger partial charge >= 0.3 is 0 Å². The Morgan fingerprint density at radius 2 is 2.00 bits per heavy atom. The third kappa shape index (κ3) is 2.41. The number of H-pyrrole nitrogens is 2. The SMILES string of the molecule is C[C@]12CC[C@H]3[C@@H](CCC4=Cc5nc6[nH]c(=S)[nH]c(=O)c6cc5C[C@@]43C)[C@@H]1CC[C@@H]2O. The molecule has 0 amide bonds. The zero-order valence-corrected chi connectivity index (χ0v) is 18.4. The summed E-state index contributed by atoms with van der Waals surface area (Å²) in [5.41, 5.74) is 4.31. The predicted octanol–water partition coefficient (Wildman–Crippen LogP) is 4.52. The van der Waals surface area contributed by atoms with Crippen LogP contribution in [0.25, 0.3) is 17.1 Å². The second-order valence-electron chi connectivity index (χ2n) is 10.7. The lowest BCUT2D eigenvalue weighted by Gasteiger charge is -2.57. The van der Waals surface area contributed by atoms with Crippen molar-refractivity contribution >= 4 is 29.3 Å². The maximum Gasteiger partial charge on any atom is 0.261 e. The van der Waals surface area contributed by atoms with Gasteiger partial charge in [-0.05, 0) is 103 Å². The Morgan fingerprint density at radius 3 is 2.83 bits per heavy atom. The second-order valence-corrected chi connectivity index (χ2v) is 11.1. The van der Waals surface area contributed by atoms with E-state index in [0.29, 0.717) is 33.6 Å². The average molecular weight is 424 g/mol. The molecule has 6 atom stereocenters. The summed E-state index contributed by atoms with van der Waals surface area (Å²) in [4.78, 5) is 23.0. The third-order valence-corrected chi connectivity index (χ3v) is 9.60. The lowest BCUT2D eigenvalue weighted by atomic mass is 9.47. The molecule has 0 aromatic carbocycles. The van der Waals surface area contributed by atoms with E-state index < -0.39 is 0 Å². The summed E-state index contributed by atoms with van der Waals surface area (Å²) < 4.78 is 0.317. The predicted molar refractivity (Wildman–Crippen MR) is 120 cm³/mol. The molecule has 0 bridgehead atoms. The van der Waals surface area contributed by atoms with E-state index in [1.165, 1.54) is 30.4 Å². The summed E-state index contributed by atoms with van der Waals surface area (Å²) in [5, 5.41) is 11.3. The van der Waals surface area contributed by atoms with Crippen LogP contribution in [0.4, 0.5) is 0 Å². The molecule has 2 aromatic heterocycles. The Labute approximate surface area is 181 Å². The number of aliphatic hydroxyl groups excluding tert-OH is 1. The van der Waals surface area contributed by atoms with Crippen LogP contribution in [0.15, 0.2) is 16.4 Å². The summed E-state index contributed by atoms with van der Waals surface area (Å²) in [6.45, 7) is 4.78. The molecular formula is C24H29N3O2S. The molecule has 3 N–H and O–H groups in total. The quantitative estimate of drug-likeness (QED) is 0.544. The van der Waals surface area contributed by atoms with E-state index in [2.05, 4.69) is 29.9 Å². The van der Waals surface area contributed by atoms with Gasteiger partial charge in [0.15, 0.2) is 4.77 Å². The molecule has 2 heterocycles. The van der Waals surface area contributed by atoms with Crippen molar-refractivity contribution in [2.75, 3.05) is 0 Å². The van der Waals surface area contributed by atoms with Gasteiger partial charge in [-0.3, -0.25) is 9.78 Å². The second kappa shape index (κ2) is 6.13. The minimum Gasteiger partial charge on any atom is -0.393 e. The topological polar surface area (TPSA) is 81.8 Å². The van der Waals surface area contributed by atoms with Gasteiger partial charge in [0.2, 0.25) is 0 Å². The van der Waals surface area contributed by atoms with Crippen molar-refractivity contribution in [2.24, 2.45) is 28.6 Å². The van der Waals surface area contributed by atoms with Crippen LogP contribution in [-0.4, -0.2) is 26.2 Å². The highest BCUT2D eigenvalue weighted by Gasteiger charge is 2.58. The standard InChI is InChI=1S/C24H29N3O2S/c1-23-8-7-17-14(16(23)5-6-19(23)28)4-3-13-10-18-12(11-24(13,17)2)9-15-20(25-18)26-22(30)27-21(15)29/h9-10,14,16-17,19,28H,3-8,11H2,1-2H3,(H2,25,26,27,29,30)/t14-,16-,17-,19-,23-,24-/m0/s1.